The van der Waals surface area contributed by atoms with Crippen molar-refractivity contribution >= 4 is 5.91 Å². The summed E-state index contributed by atoms with van der Waals surface area (Å²) < 4.78 is 2.04. The lowest BCUT2D eigenvalue weighted by atomic mass is 9.95. The molecule has 2 aromatic heterocycles. The van der Waals surface area contributed by atoms with E-state index in [0.29, 0.717) is 5.92 Å². The zero-order valence-corrected chi connectivity index (χ0v) is 15.8. The van der Waals surface area contributed by atoms with Crippen LogP contribution in [0.1, 0.15) is 38.7 Å². The van der Waals surface area contributed by atoms with Crippen molar-refractivity contribution < 1.29 is 4.79 Å². The molecule has 0 radical (unpaired) electrons. The molecule has 1 atom stereocenters. The summed E-state index contributed by atoms with van der Waals surface area (Å²) in [5.41, 5.74) is 2.55. The van der Waals surface area contributed by atoms with Crippen molar-refractivity contribution in [2.45, 2.75) is 40.5 Å². The lowest BCUT2D eigenvalue weighted by molar-refractivity contribution is -0.138. The molecule has 1 aliphatic rings. The molecule has 1 amide bonds. The molecule has 134 valence electrons. The van der Waals surface area contributed by atoms with E-state index in [1.165, 1.54) is 0 Å². The highest BCUT2D eigenvalue weighted by Gasteiger charge is 2.33. The molecule has 1 saturated heterocycles. The average Bonchev–Trinajstić information content (AvgIpc) is 3.15. The van der Waals surface area contributed by atoms with E-state index >= 15 is 0 Å². The van der Waals surface area contributed by atoms with Crippen LogP contribution >= 0.6 is 0 Å². The number of likely N-dealkylation sites (tertiary alicyclic amines) is 1. The Labute approximate surface area is 149 Å². The molecule has 6 heteroatoms. The molecule has 0 aliphatic carbocycles. The Hall–Kier alpha value is -2.24. The molecular weight excluding hydrogens is 314 g/mol. The minimum absolute atomic E-state index is 0.233. The van der Waals surface area contributed by atoms with Gasteiger partial charge in [0.2, 0.25) is 5.91 Å². The predicted molar refractivity (Wildman–Crippen MR) is 96.8 cm³/mol. The van der Waals surface area contributed by atoms with Gasteiger partial charge < -0.3 is 9.47 Å². The first-order valence-electron chi connectivity index (χ1n) is 8.85. The SMILES string of the molecule is Cc1ncc(-c2nccnc2C[C@@H]2CCN(C(=O)C(C)(C)C)C2)n1C. The van der Waals surface area contributed by atoms with Crippen LogP contribution in [0.2, 0.25) is 0 Å². The van der Waals surface area contributed by atoms with Crippen LogP contribution in [0.3, 0.4) is 0 Å². The second-order valence-corrected chi connectivity index (χ2v) is 7.96. The van der Waals surface area contributed by atoms with Crippen molar-refractivity contribution in [3.05, 3.63) is 30.1 Å². The highest BCUT2D eigenvalue weighted by molar-refractivity contribution is 5.81. The van der Waals surface area contributed by atoms with Gasteiger partial charge in [-0.05, 0) is 25.7 Å². The fraction of sp³-hybridized carbons (Fsp3) is 0.579. The zero-order valence-electron chi connectivity index (χ0n) is 15.8. The summed E-state index contributed by atoms with van der Waals surface area (Å²) in [5.74, 6) is 1.61. The number of carbonyl (C=O) groups is 1. The standard InChI is InChI=1S/C19H27N5O/c1-13-22-11-16(23(13)5)17-15(20-7-8-21-17)10-14-6-9-24(12-14)18(25)19(2,3)4/h7-8,11,14H,6,9-10,12H2,1-5H3/t14-/m0/s1. The maximum atomic E-state index is 12.5. The van der Waals surface area contributed by atoms with Crippen molar-refractivity contribution in [3.63, 3.8) is 0 Å². The number of hydrogen-bond donors (Lipinski definition) is 0. The number of aryl methyl sites for hydroxylation is 1. The molecule has 25 heavy (non-hydrogen) atoms. The van der Waals surface area contributed by atoms with Gasteiger partial charge in [0.1, 0.15) is 11.5 Å². The van der Waals surface area contributed by atoms with Gasteiger partial charge in [-0.15, -0.1) is 0 Å². The van der Waals surface area contributed by atoms with E-state index in [9.17, 15) is 4.79 Å². The topological polar surface area (TPSA) is 63.9 Å². The van der Waals surface area contributed by atoms with Gasteiger partial charge in [0.05, 0.1) is 17.6 Å². The maximum Gasteiger partial charge on any atom is 0.227 e. The Morgan fingerprint density at radius 3 is 2.60 bits per heavy atom. The minimum atomic E-state index is -0.321. The van der Waals surface area contributed by atoms with Gasteiger partial charge in [0, 0.05) is 37.9 Å². The van der Waals surface area contributed by atoms with Crippen molar-refractivity contribution in [2.75, 3.05) is 13.1 Å². The van der Waals surface area contributed by atoms with Gasteiger partial charge in [-0.2, -0.15) is 0 Å². The number of imidazole rings is 1. The summed E-state index contributed by atoms with van der Waals surface area (Å²) in [7, 11) is 2.00. The van der Waals surface area contributed by atoms with Gasteiger partial charge in [-0.3, -0.25) is 14.8 Å². The average molecular weight is 341 g/mol. The molecule has 0 N–H and O–H groups in total. The van der Waals surface area contributed by atoms with Crippen LogP contribution in [0.5, 0.6) is 0 Å². The highest BCUT2D eigenvalue weighted by Crippen LogP contribution is 2.28. The fourth-order valence-corrected chi connectivity index (χ4v) is 3.38. The number of hydrogen-bond acceptors (Lipinski definition) is 4. The Morgan fingerprint density at radius 1 is 1.24 bits per heavy atom. The van der Waals surface area contributed by atoms with Crippen molar-refractivity contribution in [1.82, 2.24) is 24.4 Å². The Balaban J connectivity index is 1.77. The monoisotopic (exact) mass is 341 g/mol. The van der Waals surface area contributed by atoms with Crippen LogP contribution < -0.4 is 0 Å². The van der Waals surface area contributed by atoms with E-state index in [0.717, 1.165) is 48.8 Å². The van der Waals surface area contributed by atoms with Gasteiger partial charge in [-0.25, -0.2) is 4.98 Å². The van der Waals surface area contributed by atoms with Crippen molar-refractivity contribution in [2.24, 2.45) is 18.4 Å². The first-order valence-corrected chi connectivity index (χ1v) is 8.85. The van der Waals surface area contributed by atoms with Crippen LogP contribution in [0.4, 0.5) is 0 Å². The smallest absolute Gasteiger partial charge is 0.227 e. The van der Waals surface area contributed by atoms with Crippen LogP contribution in [0, 0.1) is 18.3 Å². The molecule has 0 unspecified atom stereocenters. The molecule has 0 spiro atoms. The quantitative estimate of drug-likeness (QED) is 0.861. The third kappa shape index (κ3) is 3.57. The summed E-state index contributed by atoms with van der Waals surface area (Å²) in [6, 6.07) is 0. The number of nitrogens with zero attached hydrogens (tertiary/aromatic N) is 5. The second-order valence-electron chi connectivity index (χ2n) is 7.96. The largest absolute Gasteiger partial charge is 0.342 e. The van der Waals surface area contributed by atoms with E-state index in [1.54, 1.807) is 12.4 Å². The molecule has 0 bridgehead atoms. The van der Waals surface area contributed by atoms with Gasteiger partial charge in [-0.1, -0.05) is 20.8 Å². The normalized spacial score (nSPS) is 18.0. The molecule has 0 aromatic carbocycles. The van der Waals surface area contributed by atoms with E-state index in [1.807, 2.05) is 50.4 Å². The van der Waals surface area contributed by atoms with E-state index in [2.05, 4.69) is 15.0 Å². The summed E-state index contributed by atoms with van der Waals surface area (Å²) in [6.07, 6.45) is 7.18. The van der Waals surface area contributed by atoms with E-state index in [-0.39, 0.29) is 11.3 Å². The van der Waals surface area contributed by atoms with E-state index in [4.69, 9.17) is 0 Å². The Morgan fingerprint density at radius 2 is 1.96 bits per heavy atom. The van der Waals surface area contributed by atoms with Gasteiger partial charge in [0.25, 0.3) is 0 Å². The molecular formula is C19H27N5O. The maximum absolute atomic E-state index is 12.5. The van der Waals surface area contributed by atoms with E-state index < -0.39 is 0 Å². The fourth-order valence-electron chi connectivity index (χ4n) is 3.38. The highest BCUT2D eigenvalue weighted by atomic mass is 16.2. The predicted octanol–water partition coefficient (Wildman–Crippen LogP) is 2.62. The summed E-state index contributed by atoms with van der Waals surface area (Å²) >= 11 is 0. The molecule has 0 saturated carbocycles. The van der Waals surface area contributed by atoms with Crippen molar-refractivity contribution in [3.8, 4) is 11.4 Å². The lowest BCUT2D eigenvalue weighted by Gasteiger charge is -2.25. The molecule has 6 nitrogen and oxygen atoms in total. The molecule has 1 aliphatic heterocycles. The second kappa shape index (κ2) is 6.58. The molecule has 3 heterocycles. The molecule has 3 rings (SSSR count). The summed E-state index contributed by atoms with van der Waals surface area (Å²) in [6.45, 7) is 9.56. The lowest BCUT2D eigenvalue weighted by Crippen LogP contribution is -2.38. The van der Waals surface area contributed by atoms with Gasteiger partial charge >= 0.3 is 0 Å². The van der Waals surface area contributed by atoms with Crippen LogP contribution in [0.25, 0.3) is 11.4 Å². The Bertz CT molecular complexity index is 774. The molecule has 1 fully saturated rings. The van der Waals surface area contributed by atoms with Crippen LogP contribution in [-0.2, 0) is 18.3 Å². The first-order chi connectivity index (χ1) is 11.8. The minimum Gasteiger partial charge on any atom is -0.342 e. The third-order valence-electron chi connectivity index (χ3n) is 4.93. The molecule has 2 aromatic rings. The summed E-state index contributed by atoms with van der Waals surface area (Å²) in [5, 5.41) is 0. The zero-order chi connectivity index (χ0) is 18.2. The number of aromatic nitrogens is 4. The summed E-state index contributed by atoms with van der Waals surface area (Å²) in [4.78, 5) is 28.0. The third-order valence-corrected chi connectivity index (χ3v) is 4.93. The number of rotatable bonds is 3. The Kier molecular flexibility index (Phi) is 4.62. The first kappa shape index (κ1) is 17.6. The van der Waals surface area contributed by atoms with Gasteiger partial charge in [0.15, 0.2) is 0 Å². The number of carbonyl (C=O) groups excluding carboxylic acids is 1. The number of amides is 1. The van der Waals surface area contributed by atoms with Crippen LogP contribution in [-0.4, -0.2) is 43.4 Å². The van der Waals surface area contributed by atoms with Crippen molar-refractivity contribution in [1.29, 1.82) is 0 Å². The van der Waals surface area contributed by atoms with Crippen LogP contribution in [0.15, 0.2) is 18.6 Å².